The van der Waals surface area contributed by atoms with Crippen LogP contribution in [-0.4, -0.2) is 11.9 Å². The Hall–Kier alpha value is -3.31. The number of imide groups is 1. The van der Waals surface area contributed by atoms with Gasteiger partial charge in [-0.1, -0.05) is 48.0 Å². The average Bonchev–Trinajstić information content (AvgIpc) is 3.21. The number of carbonyl (C=O) groups is 2. The summed E-state index contributed by atoms with van der Waals surface area (Å²) < 4.78 is 5.76. The molecule has 1 N–H and O–H groups in total. The van der Waals surface area contributed by atoms with Crippen molar-refractivity contribution < 1.29 is 14.0 Å². The van der Waals surface area contributed by atoms with E-state index in [1.54, 1.807) is 30.3 Å². The lowest BCUT2D eigenvalue weighted by Crippen LogP contribution is -2.30. The smallest absolute Gasteiger partial charge is 0.333 e. The number of hydrogen-bond acceptors (Lipinski definition) is 3. The van der Waals surface area contributed by atoms with Gasteiger partial charge in [-0.15, -0.1) is 0 Å². The highest BCUT2D eigenvalue weighted by Crippen LogP contribution is 2.26. The van der Waals surface area contributed by atoms with Crippen LogP contribution in [0.25, 0.3) is 17.4 Å². The molecule has 4 rings (SSSR count). The molecular formula is C20H13ClN2O3. The van der Waals surface area contributed by atoms with Crippen molar-refractivity contribution in [2.24, 2.45) is 0 Å². The van der Waals surface area contributed by atoms with E-state index < -0.39 is 11.9 Å². The van der Waals surface area contributed by atoms with Crippen LogP contribution in [0, 0.1) is 0 Å². The average molecular weight is 365 g/mol. The molecule has 2 heterocycles. The summed E-state index contributed by atoms with van der Waals surface area (Å²) in [6.45, 7) is 0. The zero-order chi connectivity index (χ0) is 18.1. The van der Waals surface area contributed by atoms with Gasteiger partial charge in [-0.05, 0) is 30.3 Å². The first kappa shape index (κ1) is 16.2. The van der Waals surface area contributed by atoms with Crippen molar-refractivity contribution in [1.29, 1.82) is 0 Å². The second-order valence-corrected chi connectivity index (χ2v) is 6.11. The number of nitrogens with one attached hydrogen (secondary N) is 1. The van der Waals surface area contributed by atoms with Gasteiger partial charge in [0.2, 0.25) is 0 Å². The van der Waals surface area contributed by atoms with Gasteiger partial charge in [-0.25, -0.2) is 9.69 Å². The molecule has 0 saturated carbocycles. The maximum absolute atomic E-state index is 12.6. The van der Waals surface area contributed by atoms with Gasteiger partial charge < -0.3 is 9.73 Å². The van der Waals surface area contributed by atoms with Crippen molar-refractivity contribution in [2.75, 3.05) is 4.90 Å². The van der Waals surface area contributed by atoms with E-state index in [9.17, 15) is 9.59 Å². The van der Waals surface area contributed by atoms with E-state index in [2.05, 4.69) is 5.32 Å². The molecule has 0 spiro atoms. The molecule has 3 amide bonds. The van der Waals surface area contributed by atoms with Crippen molar-refractivity contribution >= 4 is 35.3 Å². The fourth-order valence-corrected chi connectivity index (χ4v) is 2.90. The molecule has 6 heteroatoms. The van der Waals surface area contributed by atoms with Crippen LogP contribution in [0.3, 0.4) is 0 Å². The zero-order valence-electron chi connectivity index (χ0n) is 13.5. The summed E-state index contributed by atoms with van der Waals surface area (Å²) in [6.07, 6.45) is 1.51. The first-order chi connectivity index (χ1) is 12.6. The van der Waals surface area contributed by atoms with Crippen LogP contribution in [0.2, 0.25) is 5.02 Å². The van der Waals surface area contributed by atoms with E-state index in [0.29, 0.717) is 22.2 Å². The SMILES string of the molecule is O=C1N/C(=C\c2ccc(-c3ccccc3)o2)C(=O)N1c1cccc(Cl)c1. The van der Waals surface area contributed by atoms with Gasteiger partial charge in [0, 0.05) is 16.7 Å². The maximum atomic E-state index is 12.6. The Labute approximate surface area is 154 Å². The van der Waals surface area contributed by atoms with Gasteiger partial charge in [0.25, 0.3) is 5.91 Å². The van der Waals surface area contributed by atoms with Crippen LogP contribution in [0.1, 0.15) is 5.76 Å². The Bertz CT molecular complexity index is 1020. The Kier molecular flexibility index (Phi) is 4.07. The van der Waals surface area contributed by atoms with E-state index in [0.717, 1.165) is 10.5 Å². The molecule has 0 aliphatic carbocycles. The largest absolute Gasteiger partial charge is 0.457 e. The Morgan fingerprint density at radius 3 is 2.54 bits per heavy atom. The molecule has 5 nitrogen and oxygen atoms in total. The molecule has 1 saturated heterocycles. The molecule has 0 atom stereocenters. The molecule has 3 aromatic rings. The van der Waals surface area contributed by atoms with Crippen LogP contribution in [0.15, 0.2) is 76.8 Å². The number of amides is 3. The minimum absolute atomic E-state index is 0.143. The maximum Gasteiger partial charge on any atom is 0.333 e. The van der Waals surface area contributed by atoms with Crippen molar-refractivity contribution in [3.05, 3.63) is 83.2 Å². The molecule has 1 fully saturated rings. The van der Waals surface area contributed by atoms with Crippen LogP contribution < -0.4 is 10.2 Å². The molecule has 2 aromatic carbocycles. The summed E-state index contributed by atoms with van der Waals surface area (Å²) in [5.74, 6) is 0.691. The van der Waals surface area contributed by atoms with Gasteiger partial charge in [0.15, 0.2) is 0 Å². The lowest BCUT2D eigenvalue weighted by Gasteiger charge is -2.11. The summed E-state index contributed by atoms with van der Waals surface area (Å²) in [6, 6.07) is 19.2. The van der Waals surface area contributed by atoms with E-state index in [4.69, 9.17) is 16.0 Å². The molecule has 0 radical (unpaired) electrons. The third-order valence-corrected chi connectivity index (χ3v) is 4.15. The monoisotopic (exact) mass is 364 g/mol. The predicted molar refractivity (Wildman–Crippen MR) is 99.6 cm³/mol. The lowest BCUT2D eigenvalue weighted by atomic mass is 10.2. The topological polar surface area (TPSA) is 62.6 Å². The summed E-state index contributed by atoms with van der Waals surface area (Å²) in [5, 5.41) is 3.01. The second kappa shape index (κ2) is 6.54. The van der Waals surface area contributed by atoms with Gasteiger partial charge in [-0.3, -0.25) is 4.79 Å². The predicted octanol–water partition coefficient (Wildman–Crippen LogP) is 4.70. The number of urea groups is 1. The van der Waals surface area contributed by atoms with Gasteiger partial charge in [-0.2, -0.15) is 0 Å². The van der Waals surface area contributed by atoms with Crippen molar-refractivity contribution in [2.45, 2.75) is 0 Å². The molecule has 1 aromatic heterocycles. The summed E-state index contributed by atoms with van der Waals surface area (Å²) in [5.41, 5.74) is 1.48. The number of anilines is 1. The molecule has 1 aliphatic rings. The van der Waals surface area contributed by atoms with Crippen molar-refractivity contribution in [1.82, 2.24) is 5.32 Å². The summed E-state index contributed by atoms with van der Waals surface area (Å²) in [7, 11) is 0. The minimum atomic E-state index is -0.529. The number of benzene rings is 2. The van der Waals surface area contributed by atoms with Crippen molar-refractivity contribution in [3.8, 4) is 11.3 Å². The molecular weight excluding hydrogens is 352 g/mol. The fraction of sp³-hybridized carbons (Fsp3) is 0. The number of halogens is 1. The standard InChI is InChI=1S/C20H13ClN2O3/c21-14-7-4-8-15(11-14)23-19(24)17(22-20(23)25)12-16-9-10-18(26-16)13-5-2-1-3-6-13/h1-12H,(H,22,25)/b17-12-. The number of hydrogen-bond donors (Lipinski definition) is 1. The van der Waals surface area contributed by atoms with E-state index in [-0.39, 0.29) is 5.70 Å². The lowest BCUT2D eigenvalue weighted by molar-refractivity contribution is -0.113. The van der Waals surface area contributed by atoms with Crippen LogP contribution >= 0.6 is 11.6 Å². The molecule has 128 valence electrons. The number of carbonyl (C=O) groups excluding carboxylic acids is 2. The molecule has 0 unspecified atom stereocenters. The van der Waals surface area contributed by atoms with Crippen LogP contribution in [0.5, 0.6) is 0 Å². The molecule has 26 heavy (non-hydrogen) atoms. The zero-order valence-corrected chi connectivity index (χ0v) is 14.2. The van der Waals surface area contributed by atoms with Crippen LogP contribution in [-0.2, 0) is 4.79 Å². The second-order valence-electron chi connectivity index (χ2n) is 5.68. The fourth-order valence-electron chi connectivity index (χ4n) is 2.72. The highest BCUT2D eigenvalue weighted by atomic mass is 35.5. The van der Waals surface area contributed by atoms with E-state index in [1.807, 2.05) is 36.4 Å². The summed E-state index contributed by atoms with van der Waals surface area (Å²) >= 11 is 5.95. The Morgan fingerprint density at radius 2 is 1.77 bits per heavy atom. The van der Waals surface area contributed by atoms with E-state index in [1.165, 1.54) is 6.08 Å². The Morgan fingerprint density at radius 1 is 0.962 bits per heavy atom. The van der Waals surface area contributed by atoms with Gasteiger partial charge >= 0.3 is 6.03 Å². The first-order valence-electron chi connectivity index (χ1n) is 7.90. The number of nitrogens with zero attached hydrogens (tertiary/aromatic N) is 1. The Balaban J connectivity index is 1.62. The quantitative estimate of drug-likeness (QED) is 0.541. The first-order valence-corrected chi connectivity index (χ1v) is 8.27. The molecule has 1 aliphatic heterocycles. The number of furan rings is 1. The van der Waals surface area contributed by atoms with Crippen LogP contribution in [0.4, 0.5) is 10.5 Å². The normalized spacial score (nSPS) is 15.6. The summed E-state index contributed by atoms with van der Waals surface area (Å²) in [4.78, 5) is 25.8. The highest BCUT2D eigenvalue weighted by molar-refractivity contribution is 6.32. The molecule has 0 bridgehead atoms. The minimum Gasteiger partial charge on any atom is -0.457 e. The van der Waals surface area contributed by atoms with Crippen molar-refractivity contribution in [3.63, 3.8) is 0 Å². The van der Waals surface area contributed by atoms with E-state index >= 15 is 0 Å². The van der Waals surface area contributed by atoms with Gasteiger partial charge in [0.05, 0.1) is 5.69 Å². The number of rotatable bonds is 3. The third kappa shape index (κ3) is 3.00. The third-order valence-electron chi connectivity index (χ3n) is 3.92. The highest BCUT2D eigenvalue weighted by Gasteiger charge is 2.35. The van der Waals surface area contributed by atoms with Gasteiger partial charge in [0.1, 0.15) is 17.2 Å².